The van der Waals surface area contributed by atoms with Gasteiger partial charge in [-0.2, -0.15) is 0 Å². The van der Waals surface area contributed by atoms with Crippen LogP contribution in [-0.4, -0.2) is 29.0 Å². The average Bonchev–Trinajstić information content (AvgIpc) is 3.06. The van der Waals surface area contributed by atoms with Gasteiger partial charge in [0, 0.05) is 19.0 Å². The molecule has 2 aliphatic rings. The van der Waals surface area contributed by atoms with Crippen LogP contribution in [0.2, 0.25) is 0 Å². The SMILES string of the molecule is CCN(CC1(CC(N)=S)CC1)C1CCCCC1. The smallest absolute Gasteiger partial charge is 0.0733 e. The van der Waals surface area contributed by atoms with E-state index in [1.165, 1.54) is 58.0 Å². The van der Waals surface area contributed by atoms with Gasteiger partial charge < -0.3 is 10.6 Å². The van der Waals surface area contributed by atoms with Crippen molar-refractivity contribution >= 4 is 17.2 Å². The van der Waals surface area contributed by atoms with Crippen molar-refractivity contribution in [3.8, 4) is 0 Å². The molecule has 0 aromatic rings. The highest BCUT2D eigenvalue weighted by Gasteiger charge is 2.44. The molecule has 0 heterocycles. The number of rotatable bonds is 6. The first-order valence-corrected chi connectivity index (χ1v) is 7.58. The Balaban J connectivity index is 1.88. The minimum Gasteiger partial charge on any atom is -0.393 e. The van der Waals surface area contributed by atoms with Gasteiger partial charge in [0.2, 0.25) is 0 Å². The molecule has 2 N–H and O–H groups in total. The summed E-state index contributed by atoms with van der Waals surface area (Å²) in [4.78, 5) is 3.41. The molecule has 98 valence electrons. The van der Waals surface area contributed by atoms with Gasteiger partial charge in [-0.15, -0.1) is 0 Å². The maximum absolute atomic E-state index is 5.73. The maximum atomic E-state index is 5.73. The van der Waals surface area contributed by atoms with E-state index in [1.807, 2.05) is 0 Å². The van der Waals surface area contributed by atoms with E-state index in [-0.39, 0.29) is 0 Å². The monoisotopic (exact) mass is 254 g/mol. The van der Waals surface area contributed by atoms with E-state index in [4.69, 9.17) is 18.0 Å². The Kier molecular flexibility index (Phi) is 4.42. The van der Waals surface area contributed by atoms with Gasteiger partial charge in [0.05, 0.1) is 4.99 Å². The van der Waals surface area contributed by atoms with Gasteiger partial charge in [-0.1, -0.05) is 38.4 Å². The molecule has 2 saturated carbocycles. The summed E-state index contributed by atoms with van der Waals surface area (Å²) in [6.07, 6.45) is 10.7. The summed E-state index contributed by atoms with van der Waals surface area (Å²) in [6.45, 7) is 4.71. The second-order valence-corrected chi connectivity index (χ2v) is 6.52. The number of hydrogen-bond donors (Lipinski definition) is 1. The van der Waals surface area contributed by atoms with Crippen molar-refractivity contribution in [2.45, 2.75) is 64.3 Å². The summed E-state index contributed by atoms with van der Waals surface area (Å²) in [5.74, 6) is 0. The first kappa shape index (κ1) is 13.3. The third-order valence-electron chi connectivity index (χ3n) is 4.54. The van der Waals surface area contributed by atoms with Crippen molar-refractivity contribution < 1.29 is 0 Å². The summed E-state index contributed by atoms with van der Waals surface area (Å²) < 4.78 is 0. The molecule has 0 aromatic heterocycles. The number of nitrogens with zero attached hydrogens (tertiary/aromatic N) is 1. The standard InChI is InChI=1S/C14H26N2S/c1-2-16(12-6-4-3-5-7-12)11-14(8-9-14)10-13(15)17/h12H,2-11H2,1H3,(H2,15,17). The van der Waals surface area contributed by atoms with E-state index in [9.17, 15) is 0 Å². The molecule has 0 bridgehead atoms. The molecule has 3 heteroatoms. The molecule has 17 heavy (non-hydrogen) atoms. The Labute approximate surface area is 111 Å². The van der Waals surface area contributed by atoms with E-state index < -0.39 is 0 Å². The minimum atomic E-state index is 0.458. The molecule has 0 unspecified atom stereocenters. The Morgan fingerprint density at radius 1 is 1.29 bits per heavy atom. The molecule has 2 rings (SSSR count). The quantitative estimate of drug-likeness (QED) is 0.739. The van der Waals surface area contributed by atoms with Crippen molar-refractivity contribution in [1.82, 2.24) is 4.90 Å². The van der Waals surface area contributed by atoms with E-state index in [2.05, 4.69) is 11.8 Å². The van der Waals surface area contributed by atoms with E-state index in [0.29, 0.717) is 10.4 Å². The molecular weight excluding hydrogens is 228 g/mol. The summed E-state index contributed by atoms with van der Waals surface area (Å²) in [5, 5.41) is 0. The van der Waals surface area contributed by atoms with Crippen LogP contribution in [0.15, 0.2) is 0 Å². The zero-order chi connectivity index (χ0) is 12.3. The Bertz CT molecular complexity index is 267. The highest BCUT2D eigenvalue weighted by atomic mass is 32.1. The maximum Gasteiger partial charge on any atom is 0.0733 e. The zero-order valence-electron chi connectivity index (χ0n) is 11.1. The molecule has 0 radical (unpaired) electrons. The van der Waals surface area contributed by atoms with Gasteiger partial charge in [-0.25, -0.2) is 0 Å². The third-order valence-corrected chi connectivity index (χ3v) is 4.69. The van der Waals surface area contributed by atoms with Crippen LogP contribution in [0.5, 0.6) is 0 Å². The predicted molar refractivity (Wildman–Crippen MR) is 77.2 cm³/mol. The fraction of sp³-hybridized carbons (Fsp3) is 0.929. The van der Waals surface area contributed by atoms with Crippen LogP contribution in [0.3, 0.4) is 0 Å². The predicted octanol–water partition coefficient (Wildman–Crippen LogP) is 3.10. The van der Waals surface area contributed by atoms with Gasteiger partial charge in [0.15, 0.2) is 0 Å². The second kappa shape index (κ2) is 5.66. The molecule has 0 aliphatic heterocycles. The lowest BCUT2D eigenvalue weighted by atomic mass is 9.92. The fourth-order valence-electron chi connectivity index (χ4n) is 3.31. The first-order valence-electron chi connectivity index (χ1n) is 7.17. The summed E-state index contributed by atoms with van der Waals surface area (Å²) >= 11 is 5.09. The van der Waals surface area contributed by atoms with Crippen molar-refractivity contribution in [3.63, 3.8) is 0 Å². The van der Waals surface area contributed by atoms with E-state index in [1.54, 1.807) is 0 Å². The molecular formula is C14H26N2S. The molecule has 0 atom stereocenters. The van der Waals surface area contributed by atoms with E-state index >= 15 is 0 Å². The van der Waals surface area contributed by atoms with Crippen LogP contribution < -0.4 is 5.73 Å². The molecule has 2 fully saturated rings. The van der Waals surface area contributed by atoms with Crippen LogP contribution in [0.4, 0.5) is 0 Å². The number of nitrogens with two attached hydrogens (primary N) is 1. The molecule has 2 nitrogen and oxygen atoms in total. The van der Waals surface area contributed by atoms with Crippen molar-refractivity contribution in [2.75, 3.05) is 13.1 Å². The Morgan fingerprint density at radius 3 is 2.41 bits per heavy atom. The third kappa shape index (κ3) is 3.65. The zero-order valence-corrected chi connectivity index (χ0v) is 11.9. The largest absolute Gasteiger partial charge is 0.393 e. The molecule has 0 saturated heterocycles. The van der Waals surface area contributed by atoms with Gasteiger partial charge in [0.25, 0.3) is 0 Å². The molecule has 2 aliphatic carbocycles. The van der Waals surface area contributed by atoms with Crippen LogP contribution in [0, 0.1) is 5.41 Å². The molecule has 0 aromatic carbocycles. The lowest BCUT2D eigenvalue weighted by molar-refractivity contribution is 0.135. The lowest BCUT2D eigenvalue weighted by Crippen LogP contribution is -2.41. The summed E-state index contributed by atoms with van der Waals surface area (Å²) in [5.41, 5.74) is 6.18. The Hall–Kier alpha value is -0.150. The topological polar surface area (TPSA) is 29.3 Å². The average molecular weight is 254 g/mol. The number of thiocarbonyl (C=S) groups is 1. The van der Waals surface area contributed by atoms with Crippen molar-refractivity contribution in [1.29, 1.82) is 0 Å². The number of hydrogen-bond acceptors (Lipinski definition) is 2. The molecule has 0 spiro atoms. The van der Waals surface area contributed by atoms with Gasteiger partial charge in [-0.3, -0.25) is 0 Å². The normalized spacial score (nSPS) is 23.9. The molecule has 0 amide bonds. The van der Waals surface area contributed by atoms with Crippen molar-refractivity contribution in [2.24, 2.45) is 11.1 Å². The van der Waals surface area contributed by atoms with Crippen molar-refractivity contribution in [3.05, 3.63) is 0 Å². The van der Waals surface area contributed by atoms with Crippen LogP contribution in [-0.2, 0) is 0 Å². The highest BCUT2D eigenvalue weighted by molar-refractivity contribution is 7.80. The van der Waals surface area contributed by atoms with Gasteiger partial charge in [0.1, 0.15) is 0 Å². The summed E-state index contributed by atoms with van der Waals surface area (Å²) in [7, 11) is 0. The van der Waals surface area contributed by atoms with Crippen LogP contribution in [0.25, 0.3) is 0 Å². The van der Waals surface area contributed by atoms with E-state index in [0.717, 1.165) is 12.5 Å². The first-order chi connectivity index (χ1) is 8.15. The minimum absolute atomic E-state index is 0.458. The van der Waals surface area contributed by atoms with Crippen LogP contribution in [0.1, 0.15) is 58.3 Å². The van der Waals surface area contributed by atoms with Gasteiger partial charge >= 0.3 is 0 Å². The fourth-order valence-corrected chi connectivity index (χ4v) is 3.62. The van der Waals surface area contributed by atoms with Crippen LogP contribution >= 0.6 is 12.2 Å². The lowest BCUT2D eigenvalue weighted by Gasteiger charge is -2.36. The Morgan fingerprint density at radius 2 is 1.94 bits per heavy atom. The van der Waals surface area contributed by atoms with Gasteiger partial charge in [-0.05, 0) is 37.6 Å². The second-order valence-electron chi connectivity index (χ2n) is 6.00. The highest BCUT2D eigenvalue weighted by Crippen LogP contribution is 2.49. The summed E-state index contributed by atoms with van der Waals surface area (Å²) in [6, 6.07) is 0.831.